The Balaban J connectivity index is 1.95. The average molecular weight is 518 g/mol. The second-order valence-corrected chi connectivity index (χ2v) is 9.74. The van der Waals surface area contributed by atoms with Crippen molar-refractivity contribution in [2.24, 2.45) is 0 Å². The number of sulfonamides is 1. The van der Waals surface area contributed by atoms with E-state index in [1.807, 2.05) is 6.07 Å². The van der Waals surface area contributed by atoms with Crippen LogP contribution in [-0.2, 0) is 10.0 Å². The summed E-state index contributed by atoms with van der Waals surface area (Å²) in [5, 5.41) is 10.2. The molecule has 0 spiro atoms. The largest absolute Gasteiger partial charge is 0.404 e. The number of benzene rings is 1. The molecular formula is C23H18F4N6O2S. The Bertz CT molecular complexity index is 1630. The minimum absolute atomic E-state index is 0.0441. The molecule has 1 atom stereocenters. The second-order valence-electron chi connectivity index (χ2n) is 8.06. The van der Waals surface area contributed by atoms with Gasteiger partial charge in [-0.15, -0.1) is 0 Å². The molecule has 1 N–H and O–H groups in total. The Morgan fingerprint density at radius 3 is 2.33 bits per heavy atom. The molecule has 3 heterocycles. The minimum Gasteiger partial charge on any atom is -0.275 e. The summed E-state index contributed by atoms with van der Waals surface area (Å²) in [6, 6.07) is 5.37. The van der Waals surface area contributed by atoms with Crippen LogP contribution in [0.2, 0.25) is 0 Å². The van der Waals surface area contributed by atoms with Crippen molar-refractivity contribution in [1.29, 1.82) is 5.26 Å². The number of alkyl halides is 3. The molecule has 0 aliphatic heterocycles. The Labute approximate surface area is 203 Å². The summed E-state index contributed by atoms with van der Waals surface area (Å²) in [4.78, 5) is 12.2. The topological polar surface area (TPSA) is 114 Å². The van der Waals surface area contributed by atoms with Gasteiger partial charge in [0.15, 0.2) is 0 Å². The van der Waals surface area contributed by atoms with Crippen molar-refractivity contribution in [3.63, 3.8) is 0 Å². The lowest BCUT2D eigenvalue weighted by Gasteiger charge is -2.18. The van der Waals surface area contributed by atoms with Crippen molar-refractivity contribution < 1.29 is 26.0 Å². The van der Waals surface area contributed by atoms with Crippen molar-refractivity contribution in [3.8, 4) is 23.4 Å². The van der Waals surface area contributed by atoms with Crippen molar-refractivity contribution in [2.75, 3.05) is 0 Å². The van der Waals surface area contributed by atoms with Crippen LogP contribution in [0.1, 0.15) is 23.6 Å². The maximum atomic E-state index is 14.4. The summed E-state index contributed by atoms with van der Waals surface area (Å²) in [5.41, 5.74) is 1.15. The fourth-order valence-electron chi connectivity index (χ4n) is 3.70. The van der Waals surface area contributed by atoms with Crippen LogP contribution in [0.15, 0.2) is 47.8 Å². The van der Waals surface area contributed by atoms with Gasteiger partial charge in [0.05, 0.1) is 22.5 Å². The maximum absolute atomic E-state index is 14.4. The Morgan fingerprint density at radius 1 is 1.08 bits per heavy atom. The fraction of sp³-hybridized carbons (Fsp3) is 0.217. The van der Waals surface area contributed by atoms with E-state index in [1.54, 1.807) is 17.7 Å². The second kappa shape index (κ2) is 8.96. The van der Waals surface area contributed by atoms with E-state index in [0.717, 1.165) is 6.20 Å². The first kappa shape index (κ1) is 25.2. The van der Waals surface area contributed by atoms with E-state index in [2.05, 4.69) is 15.0 Å². The standard InChI is InChI=1S/C23H18F4N6O2S/c1-12-8-19-15(9-17(12)24)16(10-28)21(33(19)22-29-5-4-6-30-22)18-7-13(2)20(11-31-18)36(34,35)32-14(3)23(25,26)27/h4-9,11,14,32H,1-3H3. The number of fused-ring (bicyclic) bond motifs is 1. The molecule has 4 aromatic rings. The zero-order valence-corrected chi connectivity index (χ0v) is 19.9. The lowest BCUT2D eigenvalue weighted by molar-refractivity contribution is -0.147. The van der Waals surface area contributed by atoms with E-state index in [9.17, 15) is 31.2 Å². The van der Waals surface area contributed by atoms with E-state index < -0.39 is 33.0 Å². The molecule has 0 saturated carbocycles. The highest BCUT2D eigenvalue weighted by Crippen LogP contribution is 2.36. The molecule has 0 fully saturated rings. The third-order valence-corrected chi connectivity index (χ3v) is 7.20. The molecule has 0 radical (unpaired) electrons. The van der Waals surface area contributed by atoms with Crippen LogP contribution in [0.4, 0.5) is 17.6 Å². The molecule has 13 heteroatoms. The third kappa shape index (κ3) is 4.40. The predicted octanol–water partition coefficient (Wildman–Crippen LogP) is 4.34. The van der Waals surface area contributed by atoms with Gasteiger partial charge in [-0.2, -0.15) is 23.2 Å². The van der Waals surface area contributed by atoms with Crippen molar-refractivity contribution >= 4 is 20.9 Å². The number of hydrogen-bond acceptors (Lipinski definition) is 6. The summed E-state index contributed by atoms with van der Waals surface area (Å²) in [6.45, 7) is 3.63. The van der Waals surface area contributed by atoms with E-state index in [4.69, 9.17) is 0 Å². The first-order valence-electron chi connectivity index (χ1n) is 10.4. The number of nitrogens with zero attached hydrogens (tertiary/aromatic N) is 5. The Morgan fingerprint density at radius 2 is 1.75 bits per heavy atom. The molecule has 36 heavy (non-hydrogen) atoms. The number of aryl methyl sites for hydroxylation is 2. The molecule has 1 unspecified atom stereocenters. The summed E-state index contributed by atoms with van der Waals surface area (Å²) in [6.07, 6.45) is -0.915. The van der Waals surface area contributed by atoms with Crippen LogP contribution in [-0.4, -0.2) is 40.2 Å². The highest BCUT2D eigenvalue weighted by atomic mass is 32.2. The highest BCUT2D eigenvalue weighted by Gasteiger charge is 2.39. The average Bonchev–Trinajstić information content (AvgIpc) is 3.11. The molecule has 4 rings (SSSR count). The monoisotopic (exact) mass is 518 g/mol. The number of rotatable bonds is 5. The zero-order chi connectivity index (χ0) is 26.4. The van der Waals surface area contributed by atoms with Gasteiger partial charge in [-0.05, 0) is 56.2 Å². The Kier molecular flexibility index (Phi) is 6.27. The minimum atomic E-state index is -4.78. The van der Waals surface area contributed by atoms with E-state index in [-0.39, 0.29) is 33.8 Å². The van der Waals surface area contributed by atoms with Gasteiger partial charge in [-0.25, -0.2) is 22.8 Å². The van der Waals surface area contributed by atoms with Gasteiger partial charge in [-0.1, -0.05) is 0 Å². The smallest absolute Gasteiger partial charge is 0.275 e. The lowest BCUT2D eigenvalue weighted by atomic mass is 10.1. The molecule has 0 aliphatic carbocycles. The number of pyridine rings is 1. The highest BCUT2D eigenvalue weighted by molar-refractivity contribution is 7.89. The number of nitrogens with one attached hydrogen (secondary N) is 1. The van der Waals surface area contributed by atoms with Gasteiger partial charge < -0.3 is 0 Å². The first-order valence-corrected chi connectivity index (χ1v) is 11.9. The molecule has 1 aromatic carbocycles. The van der Waals surface area contributed by atoms with Crippen molar-refractivity contribution in [2.45, 2.75) is 37.9 Å². The van der Waals surface area contributed by atoms with Gasteiger partial charge in [-0.3, -0.25) is 9.55 Å². The molecule has 0 amide bonds. The quantitative estimate of drug-likeness (QED) is 0.393. The summed E-state index contributed by atoms with van der Waals surface area (Å²) < 4.78 is 81.5. The van der Waals surface area contributed by atoms with Crippen LogP contribution >= 0.6 is 0 Å². The summed E-state index contributed by atoms with van der Waals surface area (Å²) in [5.74, 6) is -0.381. The SMILES string of the molecule is Cc1cc2c(cc1F)c(C#N)c(-c1cc(C)c(S(=O)(=O)NC(C)C(F)(F)F)cn1)n2-c1ncccn1. The molecule has 186 valence electrons. The van der Waals surface area contributed by atoms with Crippen LogP contribution in [0, 0.1) is 31.0 Å². The van der Waals surface area contributed by atoms with E-state index in [0.29, 0.717) is 18.0 Å². The van der Waals surface area contributed by atoms with E-state index in [1.165, 1.54) is 42.1 Å². The van der Waals surface area contributed by atoms with Gasteiger partial charge in [0.1, 0.15) is 22.8 Å². The lowest BCUT2D eigenvalue weighted by Crippen LogP contribution is -2.43. The molecular weight excluding hydrogens is 500 g/mol. The Hall–Kier alpha value is -3.89. The molecule has 0 bridgehead atoms. The molecule has 0 aliphatic rings. The number of nitriles is 1. The number of hydrogen-bond donors (Lipinski definition) is 1. The molecule has 8 nitrogen and oxygen atoms in total. The number of aromatic nitrogens is 4. The normalized spacial score (nSPS) is 13.1. The summed E-state index contributed by atoms with van der Waals surface area (Å²) in [7, 11) is -4.56. The van der Waals surface area contributed by atoms with Gasteiger partial charge in [0.25, 0.3) is 0 Å². The van der Waals surface area contributed by atoms with Crippen LogP contribution < -0.4 is 4.72 Å². The van der Waals surface area contributed by atoms with Crippen molar-refractivity contribution in [1.82, 2.24) is 24.2 Å². The predicted molar refractivity (Wildman–Crippen MR) is 122 cm³/mol. The zero-order valence-electron chi connectivity index (χ0n) is 19.1. The maximum Gasteiger partial charge on any atom is 0.404 e. The fourth-order valence-corrected chi connectivity index (χ4v) is 5.10. The molecule has 3 aromatic heterocycles. The van der Waals surface area contributed by atoms with Crippen molar-refractivity contribution in [3.05, 3.63) is 65.4 Å². The van der Waals surface area contributed by atoms with Crippen LogP contribution in [0.3, 0.4) is 0 Å². The number of halogens is 4. The summed E-state index contributed by atoms with van der Waals surface area (Å²) >= 11 is 0. The first-order chi connectivity index (χ1) is 16.8. The third-order valence-electron chi connectivity index (χ3n) is 5.53. The van der Waals surface area contributed by atoms with Crippen LogP contribution in [0.25, 0.3) is 28.2 Å². The molecule has 0 saturated heterocycles. The van der Waals surface area contributed by atoms with Gasteiger partial charge in [0.2, 0.25) is 16.0 Å². The van der Waals surface area contributed by atoms with Gasteiger partial charge >= 0.3 is 6.18 Å². The van der Waals surface area contributed by atoms with Crippen LogP contribution in [0.5, 0.6) is 0 Å². The van der Waals surface area contributed by atoms with E-state index >= 15 is 0 Å². The van der Waals surface area contributed by atoms with Gasteiger partial charge in [0, 0.05) is 24.0 Å².